The molecule has 3 aromatic rings. The molecular formula is C25H28N2O2. The highest BCUT2D eigenvalue weighted by Gasteiger charge is 2.37. The molecule has 1 aromatic heterocycles. The maximum Gasteiger partial charge on any atom is 0.415 e. The second-order valence-corrected chi connectivity index (χ2v) is 9.44. The minimum Gasteiger partial charge on any atom is -0.464 e. The van der Waals surface area contributed by atoms with Crippen LogP contribution in [0.15, 0.2) is 47.5 Å². The van der Waals surface area contributed by atoms with Crippen molar-refractivity contribution in [2.24, 2.45) is 0 Å². The van der Waals surface area contributed by atoms with Crippen LogP contribution in [0.2, 0.25) is 0 Å². The van der Waals surface area contributed by atoms with Crippen molar-refractivity contribution in [2.75, 3.05) is 0 Å². The van der Waals surface area contributed by atoms with Crippen molar-refractivity contribution in [3.05, 3.63) is 70.8 Å². The molecule has 0 fully saturated rings. The Morgan fingerprint density at radius 3 is 2.14 bits per heavy atom. The standard InChI is InChI=1S/C25H28N2O2/c1-15-13-20-21(25(5,6)12-11-24(20,3)4)14-19(15)16(2)17-7-9-18(10-8-17)22-26-23(28)29-27-22/h7-10,13-14H,2,11-12H2,1,3-6H3,(H,26,27,28). The fourth-order valence-electron chi connectivity index (χ4n) is 4.36. The van der Waals surface area contributed by atoms with Crippen molar-refractivity contribution in [1.29, 1.82) is 0 Å². The molecule has 150 valence electrons. The van der Waals surface area contributed by atoms with Gasteiger partial charge in [0.1, 0.15) is 0 Å². The predicted octanol–water partition coefficient (Wildman–Crippen LogP) is 6.16. The summed E-state index contributed by atoms with van der Waals surface area (Å²) in [6, 6.07) is 12.6. The van der Waals surface area contributed by atoms with Crippen LogP contribution in [0.3, 0.4) is 0 Å². The summed E-state index contributed by atoms with van der Waals surface area (Å²) in [5.41, 5.74) is 8.57. The number of aromatic nitrogens is 2. The lowest BCUT2D eigenvalue weighted by Crippen LogP contribution is -2.34. The topological polar surface area (TPSA) is 59.2 Å². The molecule has 0 spiro atoms. The van der Waals surface area contributed by atoms with Crippen LogP contribution < -0.4 is 0 Å². The molecule has 0 atom stereocenters. The van der Waals surface area contributed by atoms with Gasteiger partial charge >= 0.3 is 6.08 Å². The molecule has 0 bridgehead atoms. The number of fused-ring (bicyclic) bond motifs is 1. The zero-order valence-electron chi connectivity index (χ0n) is 17.8. The maximum absolute atomic E-state index is 9.26. The van der Waals surface area contributed by atoms with Gasteiger partial charge in [-0.25, -0.2) is 0 Å². The molecule has 0 amide bonds. The van der Waals surface area contributed by atoms with Crippen LogP contribution >= 0.6 is 0 Å². The van der Waals surface area contributed by atoms with Gasteiger partial charge in [-0.2, -0.15) is 4.98 Å². The highest BCUT2D eigenvalue weighted by atomic mass is 16.6. The van der Waals surface area contributed by atoms with Gasteiger partial charge in [0.2, 0.25) is 5.82 Å². The predicted molar refractivity (Wildman–Crippen MR) is 116 cm³/mol. The largest absolute Gasteiger partial charge is 0.464 e. The molecule has 1 aliphatic carbocycles. The average Bonchev–Trinajstić information content (AvgIpc) is 3.11. The summed E-state index contributed by atoms with van der Waals surface area (Å²) in [6.45, 7) is 16.0. The van der Waals surface area contributed by atoms with E-state index in [1.54, 1.807) is 0 Å². The summed E-state index contributed by atoms with van der Waals surface area (Å²) in [5.74, 6) is 0.369. The van der Waals surface area contributed by atoms with Gasteiger partial charge in [0.05, 0.1) is 0 Å². The molecule has 0 saturated heterocycles. The van der Waals surface area contributed by atoms with E-state index in [2.05, 4.69) is 68.0 Å². The number of benzene rings is 2. The lowest BCUT2D eigenvalue weighted by atomic mass is 9.62. The third kappa shape index (κ3) is 3.37. The molecule has 4 rings (SSSR count). The summed E-state index contributed by atoms with van der Waals surface area (Å²) in [4.78, 5) is 3.86. The molecule has 0 radical (unpaired) electrons. The summed E-state index contributed by atoms with van der Waals surface area (Å²) in [6.07, 6.45) is 1.97. The van der Waals surface area contributed by atoms with Crippen LogP contribution in [0.1, 0.15) is 68.4 Å². The number of rotatable bonds is 3. The average molecular weight is 389 g/mol. The molecule has 1 heterocycles. The van der Waals surface area contributed by atoms with Crippen molar-refractivity contribution in [3.8, 4) is 17.5 Å². The van der Waals surface area contributed by atoms with E-state index in [4.69, 9.17) is 0 Å². The summed E-state index contributed by atoms with van der Waals surface area (Å²) >= 11 is 0. The summed E-state index contributed by atoms with van der Waals surface area (Å²) in [5, 5.41) is 13.0. The summed E-state index contributed by atoms with van der Waals surface area (Å²) < 4.78 is 4.65. The molecule has 4 nitrogen and oxygen atoms in total. The lowest BCUT2D eigenvalue weighted by molar-refractivity contribution is 0.267. The van der Waals surface area contributed by atoms with Gasteiger partial charge in [0.25, 0.3) is 0 Å². The second-order valence-electron chi connectivity index (χ2n) is 9.44. The number of hydrogen-bond donors (Lipinski definition) is 1. The molecule has 4 heteroatoms. The minimum absolute atomic E-state index is 0.165. The van der Waals surface area contributed by atoms with E-state index in [1.165, 1.54) is 35.1 Å². The third-order valence-electron chi connectivity index (χ3n) is 6.43. The molecule has 0 saturated carbocycles. The second kappa shape index (κ2) is 6.58. The highest BCUT2D eigenvalue weighted by molar-refractivity contribution is 5.81. The molecule has 2 aromatic carbocycles. The smallest absolute Gasteiger partial charge is 0.415 e. The van der Waals surface area contributed by atoms with Crippen molar-refractivity contribution >= 4 is 5.57 Å². The SMILES string of the molecule is C=C(c1ccc(-c2noc(O)n2)cc1)c1cc2c(cc1C)C(C)(C)CCC2(C)C. The molecule has 0 aliphatic heterocycles. The van der Waals surface area contributed by atoms with Gasteiger partial charge in [-0.05, 0) is 64.0 Å². The summed E-state index contributed by atoms with van der Waals surface area (Å²) in [7, 11) is 0. The van der Waals surface area contributed by atoms with Crippen molar-refractivity contribution in [1.82, 2.24) is 10.1 Å². The van der Waals surface area contributed by atoms with Crippen molar-refractivity contribution in [3.63, 3.8) is 0 Å². The van der Waals surface area contributed by atoms with E-state index >= 15 is 0 Å². The van der Waals surface area contributed by atoms with Gasteiger partial charge in [-0.3, -0.25) is 4.52 Å². The molecular weight excluding hydrogens is 360 g/mol. The Hall–Kier alpha value is -2.88. The first-order valence-electron chi connectivity index (χ1n) is 10.1. The zero-order chi connectivity index (χ0) is 21.0. The van der Waals surface area contributed by atoms with Crippen LogP contribution in [0.4, 0.5) is 0 Å². The van der Waals surface area contributed by atoms with Crippen molar-refractivity contribution < 1.29 is 9.63 Å². The van der Waals surface area contributed by atoms with Gasteiger partial charge in [-0.1, -0.05) is 75.8 Å². The fraction of sp³-hybridized carbons (Fsp3) is 0.360. The first-order valence-corrected chi connectivity index (χ1v) is 10.1. The first-order chi connectivity index (χ1) is 13.6. The van der Waals surface area contributed by atoms with E-state index in [1.807, 2.05) is 24.3 Å². The van der Waals surface area contributed by atoms with E-state index in [0.29, 0.717) is 5.82 Å². The van der Waals surface area contributed by atoms with Crippen LogP contribution in [0.25, 0.3) is 17.0 Å². The van der Waals surface area contributed by atoms with Crippen LogP contribution in [0.5, 0.6) is 6.08 Å². The number of aromatic hydroxyl groups is 1. The molecule has 1 N–H and O–H groups in total. The Balaban J connectivity index is 1.72. The van der Waals surface area contributed by atoms with Crippen LogP contribution in [0, 0.1) is 6.92 Å². The van der Waals surface area contributed by atoms with Crippen LogP contribution in [-0.2, 0) is 10.8 Å². The van der Waals surface area contributed by atoms with Gasteiger partial charge in [-0.15, -0.1) is 0 Å². The quantitative estimate of drug-likeness (QED) is 0.583. The van der Waals surface area contributed by atoms with Crippen LogP contribution in [-0.4, -0.2) is 15.2 Å². The molecule has 1 aliphatic rings. The monoisotopic (exact) mass is 388 g/mol. The zero-order valence-corrected chi connectivity index (χ0v) is 17.8. The Labute approximate surface area is 172 Å². The fourth-order valence-corrected chi connectivity index (χ4v) is 4.36. The Morgan fingerprint density at radius 1 is 1.00 bits per heavy atom. The van der Waals surface area contributed by atoms with Gasteiger partial charge in [0, 0.05) is 5.56 Å². The first kappa shape index (κ1) is 19.4. The Kier molecular flexibility index (Phi) is 4.41. The molecule has 0 unspecified atom stereocenters. The molecule has 29 heavy (non-hydrogen) atoms. The minimum atomic E-state index is -0.427. The number of aryl methyl sites for hydroxylation is 1. The maximum atomic E-state index is 9.26. The Morgan fingerprint density at radius 2 is 1.59 bits per heavy atom. The van der Waals surface area contributed by atoms with E-state index in [-0.39, 0.29) is 10.8 Å². The third-order valence-corrected chi connectivity index (χ3v) is 6.43. The highest BCUT2D eigenvalue weighted by Crippen LogP contribution is 2.47. The van der Waals surface area contributed by atoms with E-state index in [9.17, 15) is 5.11 Å². The van der Waals surface area contributed by atoms with Crippen molar-refractivity contribution in [2.45, 2.75) is 58.3 Å². The normalized spacial score (nSPS) is 17.0. The Bertz CT molecular complexity index is 1090. The lowest BCUT2D eigenvalue weighted by Gasteiger charge is -2.42. The van der Waals surface area contributed by atoms with E-state index in [0.717, 1.165) is 16.7 Å². The van der Waals surface area contributed by atoms with E-state index < -0.39 is 6.08 Å². The number of hydrogen-bond acceptors (Lipinski definition) is 4. The van der Waals surface area contributed by atoms with Gasteiger partial charge < -0.3 is 5.11 Å². The number of nitrogens with zero attached hydrogens (tertiary/aromatic N) is 2. The van der Waals surface area contributed by atoms with Gasteiger partial charge in [0.15, 0.2) is 0 Å².